The van der Waals surface area contributed by atoms with Crippen molar-refractivity contribution in [3.05, 3.63) is 116 Å². The Hall–Kier alpha value is -2.73. The van der Waals surface area contributed by atoms with Gasteiger partial charge >= 0.3 is 20.2 Å². The van der Waals surface area contributed by atoms with Gasteiger partial charge in [0.1, 0.15) is 0 Å². The average molecular weight is 907 g/mol. The third-order valence-electron chi connectivity index (χ3n) is 4.39. The summed E-state index contributed by atoms with van der Waals surface area (Å²) in [5.74, 6) is 0. The van der Waals surface area contributed by atoms with Crippen molar-refractivity contribution in [3.8, 4) is 11.3 Å². The van der Waals surface area contributed by atoms with Crippen molar-refractivity contribution in [1.82, 2.24) is 15.0 Å². The van der Waals surface area contributed by atoms with Crippen LogP contribution < -0.4 is 0 Å². The van der Waals surface area contributed by atoms with Crippen molar-refractivity contribution in [1.29, 1.82) is 0 Å². The second-order valence-corrected chi connectivity index (χ2v) is 9.69. The minimum atomic E-state index is -4.21. The summed E-state index contributed by atoms with van der Waals surface area (Å²) in [6.07, 6.45) is 3.08. The molecule has 3 heterocycles. The van der Waals surface area contributed by atoms with E-state index in [1.807, 2.05) is 54.6 Å². The summed E-state index contributed by atoms with van der Waals surface area (Å²) >= 11 is 0. The molecule has 38 heavy (non-hydrogen) atoms. The fourth-order valence-corrected chi connectivity index (χ4v) is 3.66. The van der Waals surface area contributed by atoms with E-state index in [1.54, 1.807) is 30.5 Å². The first-order chi connectivity index (χ1) is 17.1. The molecule has 2 radical (unpaired) electrons. The molecular weight excluding hydrogens is 887 g/mol. The van der Waals surface area contributed by atoms with Gasteiger partial charge in [0.05, 0.1) is 5.52 Å². The average Bonchev–Trinajstić information content (AvgIpc) is 2.90. The fourth-order valence-electron chi connectivity index (χ4n) is 2.77. The number of fused-ring (bicyclic) bond motifs is 1. The molecule has 202 valence electrons. The van der Waals surface area contributed by atoms with Gasteiger partial charge in [-0.3, -0.25) is 9.11 Å². The first-order valence-corrected chi connectivity index (χ1v) is 13.1. The molecule has 13 heteroatoms. The second-order valence-electron chi connectivity index (χ2n) is 6.95. The van der Waals surface area contributed by atoms with E-state index in [9.17, 15) is 16.8 Å². The summed E-state index contributed by atoms with van der Waals surface area (Å²) in [5, 5.41) is 0.186. The molecule has 2 aromatic carbocycles. The Morgan fingerprint density at radius 3 is 1.74 bits per heavy atom. The standard InChI is InChI=1S/C11H8N.C9H7NO3S.C5H5NO3S.2Ir/c1-2-6-10(7-3-1)11-8-4-5-9-12-11;11-14(12,13)9-6-5-7-3-1-2-4-8(7)10-9;7-10(8,9)5-3-1-2-4-6-5;;/h1-6,8-9H;1-6H,(H,11,12,13);1-4H,(H,7,8,9);;/q-1;;;;. The van der Waals surface area contributed by atoms with Crippen LogP contribution in [-0.4, -0.2) is 40.9 Å². The van der Waals surface area contributed by atoms with Gasteiger partial charge in [0.2, 0.25) is 0 Å². The smallest absolute Gasteiger partial charge is 0.305 e. The number of benzene rings is 2. The Labute approximate surface area is 247 Å². The van der Waals surface area contributed by atoms with E-state index in [2.05, 4.69) is 21.0 Å². The van der Waals surface area contributed by atoms with Crippen molar-refractivity contribution < 1.29 is 66.2 Å². The molecule has 0 spiro atoms. The van der Waals surface area contributed by atoms with Gasteiger partial charge < -0.3 is 4.98 Å². The molecule has 0 atom stereocenters. The molecule has 0 aliphatic heterocycles. The van der Waals surface area contributed by atoms with Gasteiger partial charge in [0, 0.05) is 58.0 Å². The fraction of sp³-hybridized carbons (Fsp3) is 0. The quantitative estimate of drug-likeness (QED) is 0.199. The minimum Gasteiger partial charge on any atom is -0.305 e. The third-order valence-corrected chi connectivity index (χ3v) is 5.92. The van der Waals surface area contributed by atoms with Gasteiger partial charge in [-0.2, -0.15) is 16.8 Å². The molecule has 5 rings (SSSR count). The van der Waals surface area contributed by atoms with Crippen molar-refractivity contribution in [2.45, 2.75) is 10.1 Å². The van der Waals surface area contributed by atoms with E-state index < -0.39 is 20.2 Å². The maximum absolute atomic E-state index is 10.8. The summed E-state index contributed by atoms with van der Waals surface area (Å²) < 4.78 is 59.3. The minimum absolute atomic E-state index is 0. The van der Waals surface area contributed by atoms with Crippen LogP contribution >= 0.6 is 0 Å². The molecular formula is C25H20Ir2N3O6S2-. The molecule has 0 amide bonds. The first-order valence-electron chi connectivity index (χ1n) is 10.2. The summed E-state index contributed by atoms with van der Waals surface area (Å²) in [6.45, 7) is 0. The largest absolute Gasteiger partial charge is 0.312 e. The summed E-state index contributed by atoms with van der Waals surface area (Å²) in [6, 6.07) is 31.0. The number of para-hydroxylation sites is 1. The SMILES string of the molecule is O=S(=O)(O)c1ccc2ccccc2n1.O=S(=O)(O)c1ccccn1.[Ir].[Ir].[c-]1ccccc1-c1ccccn1. The van der Waals surface area contributed by atoms with Gasteiger partial charge in [-0.05, 0) is 42.1 Å². The number of aromatic nitrogens is 3. The van der Waals surface area contributed by atoms with Crippen molar-refractivity contribution in [3.63, 3.8) is 0 Å². The summed E-state index contributed by atoms with van der Waals surface area (Å²) in [4.78, 5) is 11.4. The Morgan fingerprint density at radius 1 is 0.605 bits per heavy atom. The monoisotopic (exact) mass is 908 g/mol. The van der Waals surface area contributed by atoms with Gasteiger partial charge in [0.25, 0.3) is 0 Å². The van der Waals surface area contributed by atoms with Gasteiger partial charge in [-0.15, -0.1) is 35.9 Å². The molecule has 9 nitrogen and oxygen atoms in total. The number of hydrogen-bond acceptors (Lipinski definition) is 7. The number of rotatable bonds is 3. The van der Waals surface area contributed by atoms with Gasteiger partial charge in [0.15, 0.2) is 10.1 Å². The maximum Gasteiger partial charge on any atom is 0.312 e. The van der Waals surface area contributed by atoms with Gasteiger partial charge in [-0.1, -0.05) is 36.4 Å². The molecule has 2 N–H and O–H groups in total. The van der Waals surface area contributed by atoms with Gasteiger partial charge in [-0.25, -0.2) is 9.97 Å². The summed E-state index contributed by atoms with van der Waals surface area (Å²) in [5.41, 5.74) is 2.55. The zero-order valence-electron chi connectivity index (χ0n) is 19.2. The van der Waals surface area contributed by atoms with Crippen LogP contribution in [0.25, 0.3) is 22.2 Å². The normalized spacial score (nSPS) is 10.4. The van der Waals surface area contributed by atoms with Crippen molar-refractivity contribution in [2.24, 2.45) is 0 Å². The van der Waals surface area contributed by atoms with Crippen LogP contribution in [0.3, 0.4) is 0 Å². The van der Waals surface area contributed by atoms with E-state index in [4.69, 9.17) is 9.11 Å². The molecule has 0 bridgehead atoms. The van der Waals surface area contributed by atoms with Crippen molar-refractivity contribution >= 4 is 31.1 Å². The number of pyridine rings is 3. The van der Waals surface area contributed by atoms with Crippen LogP contribution in [0.2, 0.25) is 0 Å². The Bertz CT molecular complexity index is 1590. The third kappa shape index (κ3) is 10.6. The summed E-state index contributed by atoms with van der Waals surface area (Å²) in [7, 11) is -8.32. The van der Waals surface area contributed by atoms with E-state index in [0.29, 0.717) is 5.52 Å². The maximum atomic E-state index is 10.8. The predicted octanol–water partition coefficient (Wildman–Crippen LogP) is 4.35. The Kier molecular flexibility index (Phi) is 13.7. The number of nitrogens with zero attached hydrogens (tertiary/aromatic N) is 3. The molecule has 0 saturated carbocycles. The zero-order chi connectivity index (χ0) is 26.0. The van der Waals surface area contributed by atoms with Crippen LogP contribution in [0.1, 0.15) is 0 Å². The van der Waals surface area contributed by atoms with Crippen LogP contribution in [0.5, 0.6) is 0 Å². The molecule has 0 unspecified atom stereocenters. The van der Waals surface area contributed by atoms with E-state index >= 15 is 0 Å². The Balaban J connectivity index is 0.000000282. The molecule has 0 saturated heterocycles. The van der Waals surface area contributed by atoms with E-state index in [0.717, 1.165) is 16.6 Å². The molecule has 3 aromatic heterocycles. The molecule has 0 fully saturated rings. The first kappa shape index (κ1) is 33.3. The van der Waals surface area contributed by atoms with Crippen LogP contribution in [-0.2, 0) is 60.4 Å². The van der Waals surface area contributed by atoms with E-state index in [-0.39, 0.29) is 50.3 Å². The van der Waals surface area contributed by atoms with Crippen LogP contribution in [0.4, 0.5) is 0 Å². The Morgan fingerprint density at radius 2 is 1.21 bits per heavy atom. The van der Waals surface area contributed by atoms with Crippen LogP contribution in [0.15, 0.2) is 120 Å². The van der Waals surface area contributed by atoms with Crippen LogP contribution in [0, 0.1) is 6.07 Å². The topological polar surface area (TPSA) is 147 Å². The molecule has 0 aliphatic rings. The van der Waals surface area contributed by atoms with E-state index in [1.165, 1.54) is 24.4 Å². The molecule has 0 aliphatic carbocycles. The zero-order valence-corrected chi connectivity index (χ0v) is 25.7. The predicted molar refractivity (Wildman–Crippen MR) is 134 cm³/mol. The number of hydrogen-bond donors (Lipinski definition) is 2. The molecule has 5 aromatic rings. The second kappa shape index (κ2) is 15.6. The van der Waals surface area contributed by atoms with Crippen molar-refractivity contribution in [2.75, 3.05) is 0 Å².